The first-order chi connectivity index (χ1) is 18.9. The number of methoxy groups -OCH3 is 1. The molecule has 1 fully saturated rings. The molecule has 2 aliphatic rings. The van der Waals surface area contributed by atoms with Crippen LogP contribution in [0.1, 0.15) is 67.2 Å². The summed E-state index contributed by atoms with van der Waals surface area (Å²) in [5.74, 6) is -2.84. The molecule has 0 radical (unpaired) electrons. The number of nitrogens with zero attached hydrogens (tertiary/aromatic N) is 2. The number of likely N-dealkylation sites (tertiary alicyclic amines) is 1. The third-order valence-corrected chi connectivity index (χ3v) is 7.92. The van der Waals surface area contributed by atoms with E-state index in [4.69, 9.17) is 4.74 Å². The first-order valence-electron chi connectivity index (χ1n) is 13.5. The van der Waals surface area contributed by atoms with Gasteiger partial charge in [0.05, 0.1) is 31.1 Å². The van der Waals surface area contributed by atoms with Crippen molar-refractivity contribution in [2.24, 2.45) is 11.8 Å². The van der Waals surface area contributed by atoms with E-state index < -0.39 is 35.5 Å². The maximum atomic E-state index is 14.0. The van der Waals surface area contributed by atoms with Gasteiger partial charge in [-0.1, -0.05) is 38.1 Å². The predicted octanol–water partition coefficient (Wildman–Crippen LogP) is 5.14. The molecule has 2 aromatic rings. The number of carboxylic acid groups (broad SMARTS) is 1. The minimum absolute atomic E-state index is 0.000552. The molecule has 0 spiro atoms. The predicted molar refractivity (Wildman–Crippen MR) is 142 cm³/mol. The number of benzene rings is 2. The molecule has 2 aliphatic heterocycles. The summed E-state index contributed by atoms with van der Waals surface area (Å²) in [6, 6.07) is 10.6. The van der Waals surface area contributed by atoms with Crippen molar-refractivity contribution in [1.29, 1.82) is 0 Å². The average Bonchev–Trinajstić information content (AvgIpc) is 3.02. The van der Waals surface area contributed by atoms with Gasteiger partial charge in [-0.25, -0.2) is 0 Å². The van der Waals surface area contributed by atoms with Crippen LogP contribution in [-0.2, 0) is 20.6 Å². The van der Waals surface area contributed by atoms with Crippen LogP contribution >= 0.6 is 0 Å². The third-order valence-electron chi connectivity index (χ3n) is 7.92. The molecule has 2 atom stereocenters. The number of carboxylic acids is 1. The molecular formula is C30H35F3N2O5. The highest BCUT2D eigenvalue weighted by atomic mass is 19.4. The van der Waals surface area contributed by atoms with Crippen LogP contribution in [-0.4, -0.2) is 66.0 Å². The normalized spacial score (nSPS) is 20.3. The minimum atomic E-state index is -4.57. The van der Waals surface area contributed by atoms with Crippen LogP contribution in [0.5, 0.6) is 5.75 Å². The molecule has 1 saturated heterocycles. The quantitative estimate of drug-likeness (QED) is 0.507. The van der Waals surface area contributed by atoms with Gasteiger partial charge >= 0.3 is 12.1 Å². The van der Waals surface area contributed by atoms with E-state index in [1.165, 1.54) is 18.1 Å². The lowest BCUT2D eigenvalue weighted by Gasteiger charge is -2.33. The lowest BCUT2D eigenvalue weighted by Crippen LogP contribution is -2.47. The highest BCUT2D eigenvalue weighted by Crippen LogP contribution is 2.43. The lowest BCUT2D eigenvalue weighted by molar-refractivity contribution is -0.147. The first-order valence-corrected chi connectivity index (χ1v) is 13.5. The summed E-state index contributed by atoms with van der Waals surface area (Å²) in [5.41, 5.74) is 0.756. The number of fused-ring (bicyclic) bond motifs is 1. The van der Waals surface area contributed by atoms with E-state index >= 15 is 0 Å². The van der Waals surface area contributed by atoms with Crippen molar-refractivity contribution >= 4 is 17.8 Å². The highest BCUT2D eigenvalue weighted by Gasteiger charge is 2.40. The standard InChI is InChI=1S/C30H35F3N2O5/c1-18(2)14-24-21-9-8-20(30(31,32)33)15-23(21)25(22-6-4-5-7-26(22)40-3)16-35(28(24)37)17-27(36)34-12-10-19(11-13-34)29(38)39/h4-9,15,18-19,24-25H,10-14,16-17H2,1-3H3,(H,38,39). The molecule has 2 amide bonds. The van der Waals surface area contributed by atoms with Gasteiger partial charge in [-0.2, -0.15) is 13.2 Å². The molecular weight excluding hydrogens is 525 g/mol. The van der Waals surface area contributed by atoms with Crippen LogP contribution in [0.25, 0.3) is 0 Å². The van der Waals surface area contributed by atoms with E-state index in [-0.39, 0.29) is 43.9 Å². The first kappa shape index (κ1) is 29.4. The Kier molecular flexibility index (Phi) is 8.75. The van der Waals surface area contributed by atoms with Crippen LogP contribution in [0, 0.1) is 11.8 Å². The van der Waals surface area contributed by atoms with Crippen molar-refractivity contribution in [2.75, 3.05) is 33.3 Å². The number of hydrogen-bond acceptors (Lipinski definition) is 4. The number of carbonyl (C=O) groups is 3. The van der Waals surface area contributed by atoms with Gasteiger partial charge in [0.15, 0.2) is 0 Å². The molecule has 4 rings (SSSR count). The van der Waals surface area contributed by atoms with Crippen molar-refractivity contribution < 1.29 is 37.4 Å². The molecule has 2 heterocycles. The molecule has 10 heteroatoms. The largest absolute Gasteiger partial charge is 0.496 e. The molecule has 7 nitrogen and oxygen atoms in total. The smallest absolute Gasteiger partial charge is 0.416 e. The van der Waals surface area contributed by atoms with E-state index in [0.717, 1.165) is 12.1 Å². The number of piperidine rings is 1. The fourth-order valence-electron chi connectivity index (χ4n) is 5.83. The van der Waals surface area contributed by atoms with E-state index in [2.05, 4.69) is 0 Å². The molecule has 216 valence electrons. The van der Waals surface area contributed by atoms with Crippen LogP contribution in [0.3, 0.4) is 0 Å². The fourth-order valence-corrected chi connectivity index (χ4v) is 5.83. The Balaban J connectivity index is 1.77. The third kappa shape index (κ3) is 6.26. The van der Waals surface area contributed by atoms with Crippen molar-refractivity contribution in [1.82, 2.24) is 9.80 Å². The monoisotopic (exact) mass is 560 g/mol. The Morgan fingerprint density at radius 3 is 2.33 bits per heavy atom. The van der Waals surface area contributed by atoms with Crippen LogP contribution in [0.4, 0.5) is 13.2 Å². The maximum Gasteiger partial charge on any atom is 0.416 e. The zero-order valence-electron chi connectivity index (χ0n) is 22.9. The van der Waals surface area contributed by atoms with Gasteiger partial charge in [0.25, 0.3) is 0 Å². The summed E-state index contributed by atoms with van der Waals surface area (Å²) in [5, 5.41) is 9.29. The van der Waals surface area contributed by atoms with E-state index in [1.807, 2.05) is 13.8 Å². The Morgan fingerprint density at radius 2 is 1.73 bits per heavy atom. The maximum absolute atomic E-state index is 14.0. The lowest BCUT2D eigenvalue weighted by atomic mass is 9.81. The van der Waals surface area contributed by atoms with Crippen molar-refractivity contribution in [3.63, 3.8) is 0 Å². The number of carbonyl (C=O) groups excluding carboxylic acids is 2. The number of hydrogen-bond donors (Lipinski definition) is 1. The number of aliphatic carboxylic acids is 1. The number of halogens is 3. The molecule has 1 N–H and O–H groups in total. The summed E-state index contributed by atoms with van der Waals surface area (Å²) in [6.45, 7) is 4.20. The zero-order chi connectivity index (χ0) is 29.2. The number of para-hydroxylation sites is 1. The summed E-state index contributed by atoms with van der Waals surface area (Å²) in [6.07, 6.45) is -3.49. The fraction of sp³-hybridized carbons (Fsp3) is 0.500. The van der Waals surface area contributed by atoms with Gasteiger partial charge < -0.3 is 19.6 Å². The van der Waals surface area contributed by atoms with Crippen LogP contribution in [0.2, 0.25) is 0 Å². The topological polar surface area (TPSA) is 87.2 Å². The van der Waals surface area contributed by atoms with Crippen LogP contribution in [0.15, 0.2) is 42.5 Å². The highest BCUT2D eigenvalue weighted by molar-refractivity contribution is 5.90. The molecule has 2 unspecified atom stereocenters. The Morgan fingerprint density at radius 1 is 1.05 bits per heavy atom. The molecule has 0 aromatic heterocycles. The molecule has 0 saturated carbocycles. The summed E-state index contributed by atoms with van der Waals surface area (Å²) in [4.78, 5) is 41.8. The number of rotatable bonds is 7. The van der Waals surface area contributed by atoms with Crippen LogP contribution < -0.4 is 4.74 Å². The number of alkyl halides is 3. The second-order valence-electron chi connectivity index (χ2n) is 11.0. The summed E-state index contributed by atoms with van der Waals surface area (Å²) in [7, 11) is 1.48. The van der Waals surface area contributed by atoms with E-state index in [0.29, 0.717) is 41.7 Å². The van der Waals surface area contributed by atoms with Gasteiger partial charge in [-0.3, -0.25) is 14.4 Å². The van der Waals surface area contributed by atoms with Crippen molar-refractivity contribution in [2.45, 2.75) is 51.1 Å². The van der Waals surface area contributed by atoms with Gasteiger partial charge in [-0.05, 0) is 54.5 Å². The molecule has 2 aromatic carbocycles. The number of ether oxygens (including phenoxy) is 1. The molecule has 0 bridgehead atoms. The molecule has 0 aliphatic carbocycles. The summed E-state index contributed by atoms with van der Waals surface area (Å²) < 4.78 is 47.1. The van der Waals surface area contributed by atoms with Crippen molar-refractivity contribution in [3.8, 4) is 5.75 Å². The SMILES string of the molecule is COc1ccccc1C1CN(CC(=O)N2CCC(C(=O)O)CC2)C(=O)C(CC(C)C)c2ccc(C(F)(F)F)cc21. The van der Waals surface area contributed by atoms with Crippen molar-refractivity contribution in [3.05, 3.63) is 64.7 Å². The van der Waals surface area contributed by atoms with Gasteiger partial charge in [0, 0.05) is 31.1 Å². The zero-order valence-corrected chi connectivity index (χ0v) is 22.9. The second-order valence-corrected chi connectivity index (χ2v) is 11.0. The van der Waals surface area contributed by atoms with Gasteiger partial charge in [0.2, 0.25) is 11.8 Å². The van der Waals surface area contributed by atoms with Gasteiger partial charge in [0.1, 0.15) is 5.75 Å². The van der Waals surface area contributed by atoms with E-state index in [9.17, 15) is 32.7 Å². The van der Waals surface area contributed by atoms with Gasteiger partial charge in [-0.15, -0.1) is 0 Å². The average molecular weight is 561 g/mol. The van der Waals surface area contributed by atoms with E-state index in [1.54, 1.807) is 29.2 Å². The Bertz CT molecular complexity index is 1250. The Hall–Kier alpha value is -3.56. The summed E-state index contributed by atoms with van der Waals surface area (Å²) >= 11 is 0. The number of amides is 2. The minimum Gasteiger partial charge on any atom is -0.496 e. The second kappa shape index (κ2) is 11.9. The molecule has 40 heavy (non-hydrogen) atoms. The Labute approximate surface area is 231 Å².